The van der Waals surface area contributed by atoms with Crippen LogP contribution in [0.4, 0.5) is 0 Å². The highest BCUT2D eigenvalue weighted by Gasteiger charge is 2.32. The third-order valence-corrected chi connectivity index (χ3v) is 2.77. The lowest BCUT2D eigenvalue weighted by Gasteiger charge is -2.21. The number of benzene rings is 1. The van der Waals surface area contributed by atoms with Crippen LogP contribution in [-0.2, 0) is 5.60 Å². The van der Waals surface area contributed by atoms with Gasteiger partial charge in [0, 0.05) is 11.6 Å². The molecule has 1 fully saturated rings. The molecule has 3 heteroatoms. The molecule has 1 aliphatic heterocycles. The number of aliphatic hydroxyl groups is 1. The van der Waals surface area contributed by atoms with Crippen molar-refractivity contribution in [3.8, 4) is 0 Å². The van der Waals surface area contributed by atoms with Crippen molar-refractivity contribution >= 4 is 11.6 Å². The van der Waals surface area contributed by atoms with Crippen molar-refractivity contribution < 1.29 is 5.11 Å². The number of hydrogen-bond acceptors (Lipinski definition) is 2. The predicted octanol–water partition coefficient (Wildman–Crippen LogP) is 1.52. The van der Waals surface area contributed by atoms with Crippen molar-refractivity contribution in [1.82, 2.24) is 5.32 Å². The molecule has 0 amide bonds. The molecule has 13 heavy (non-hydrogen) atoms. The zero-order chi connectivity index (χ0) is 9.31. The molecule has 2 rings (SSSR count). The second kappa shape index (κ2) is 3.29. The van der Waals surface area contributed by atoms with Crippen LogP contribution in [0.5, 0.6) is 0 Å². The maximum absolute atomic E-state index is 10.1. The van der Waals surface area contributed by atoms with E-state index in [9.17, 15) is 5.11 Å². The van der Waals surface area contributed by atoms with Gasteiger partial charge in [0.15, 0.2) is 0 Å². The van der Waals surface area contributed by atoms with E-state index in [1.165, 1.54) is 0 Å². The van der Waals surface area contributed by atoms with Crippen molar-refractivity contribution in [2.75, 3.05) is 13.1 Å². The topological polar surface area (TPSA) is 32.3 Å². The molecule has 1 aromatic carbocycles. The first-order chi connectivity index (χ1) is 6.21. The van der Waals surface area contributed by atoms with Gasteiger partial charge >= 0.3 is 0 Å². The highest BCUT2D eigenvalue weighted by Crippen LogP contribution is 2.28. The molecule has 0 aliphatic carbocycles. The van der Waals surface area contributed by atoms with Crippen LogP contribution in [0.25, 0.3) is 0 Å². The zero-order valence-corrected chi connectivity index (χ0v) is 8.01. The van der Waals surface area contributed by atoms with Crippen molar-refractivity contribution in [3.05, 3.63) is 34.9 Å². The van der Waals surface area contributed by atoms with E-state index in [-0.39, 0.29) is 0 Å². The van der Waals surface area contributed by atoms with E-state index in [0.29, 0.717) is 11.6 Å². The van der Waals surface area contributed by atoms with Gasteiger partial charge in [-0.15, -0.1) is 0 Å². The SMILES string of the molecule is OC1(c2ccc(Cl)cc2)CCNC1. The lowest BCUT2D eigenvalue weighted by atomic mass is 9.93. The van der Waals surface area contributed by atoms with Crippen LogP contribution in [0.3, 0.4) is 0 Å². The summed E-state index contributed by atoms with van der Waals surface area (Å²) in [6.45, 7) is 1.51. The zero-order valence-electron chi connectivity index (χ0n) is 7.26. The first-order valence-electron chi connectivity index (χ1n) is 4.40. The van der Waals surface area contributed by atoms with Crippen LogP contribution in [-0.4, -0.2) is 18.2 Å². The highest BCUT2D eigenvalue weighted by molar-refractivity contribution is 6.30. The van der Waals surface area contributed by atoms with Gasteiger partial charge in [-0.05, 0) is 30.7 Å². The maximum atomic E-state index is 10.1. The predicted molar refractivity (Wildman–Crippen MR) is 52.8 cm³/mol. The van der Waals surface area contributed by atoms with E-state index in [2.05, 4.69) is 5.32 Å². The summed E-state index contributed by atoms with van der Waals surface area (Å²) in [5.74, 6) is 0. The Hall–Kier alpha value is -0.570. The Morgan fingerprint density at radius 2 is 2.00 bits per heavy atom. The van der Waals surface area contributed by atoms with E-state index in [4.69, 9.17) is 11.6 Å². The van der Waals surface area contributed by atoms with E-state index in [0.717, 1.165) is 18.5 Å². The van der Waals surface area contributed by atoms with Gasteiger partial charge in [0.05, 0.1) is 0 Å². The first-order valence-corrected chi connectivity index (χ1v) is 4.78. The Kier molecular flexibility index (Phi) is 2.28. The molecule has 0 bridgehead atoms. The molecule has 0 spiro atoms. The molecular weight excluding hydrogens is 186 g/mol. The molecule has 0 radical (unpaired) electrons. The number of β-amino-alcohol motifs (C(OH)–C–C–N with tert-alkyl or cyclic N) is 1. The molecule has 1 saturated heterocycles. The van der Waals surface area contributed by atoms with Gasteiger partial charge in [-0.1, -0.05) is 23.7 Å². The summed E-state index contributed by atoms with van der Waals surface area (Å²) in [7, 11) is 0. The van der Waals surface area contributed by atoms with E-state index in [1.54, 1.807) is 0 Å². The number of rotatable bonds is 1. The summed E-state index contributed by atoms with van der Waals surface area (Å²) in [6, 6.07) is 7.39. The molecule has 1 aliphatic rings. The Morgan fingerprint density at radius 3 is 2.54 bits per heavy atom. The fraction of sp³-hybridized carbons (Fsp3) is 0.400. The minimum atomic E-state index is -0.690. The summed E-state index contributed by atoms with van der Waals surface area (Å²) in [4.78, 5) is 0. The highest BCUT2D eigenvalue weighted by atomic mass is 35.5. The third kappa shape index (κ3) is 1.70. The van der Waals surface area contributed by atoms with Crippen LogP contribution in [0, 0.1) is 0 Å². The Balaban J connectivity index is 2.29. The summed E-state index contributed by atoms with van der Waals surface area (Å²) in [6.07, 6.45) is 0.772. The molecule has 2 N–H and O–H groups in total. The normalized spacial score (nSPS) is 27.8. The van der Waals surface area contributed by atoms with Crippen LogP contribution >= 0.6 is 11.6 Å². The van der Waals surface area contributed by atoms with Crippen molar-refractivity contribution in [1.29, 1.82) is 0 Å². The van der Waals surface area contributed by atoms with Gasteiger partial charge in [0.25, 0.3) is 0 Å². The van der Waals surface area contributed by atoms with Crippen LogP contribution in [0.1, 0.15) is 12.0 Å². The fourth-order valence-electron chi connectivity index (χ4n) is 1.69. The van der Waals surface area contributed by atoms with E-state index < -0.39 is 5.60 Å². The lowest BCUT2D eigenvalue weighted by Crippen LogP contribution is -2.28. The summed E-state index contributed by atoms with van der Waals surface area (Å²) < 4.78 is 0. The summed E-state index contributed by atoms with van der Waals surface area (Å²) in [5.41, 5.74) is 0.256. The van der Waals surface area contributed by atoms with Crippen LogP contribution < -0.4 is 5.32 Å². The minimum absolute atomic E-state index is 0.634. The first kappa shape index (κ1) is 9.00. The maximum Gasteiger partial charge on any atom is 0.103 e. The Morgan fingerprint density at radius 1 is 1.31 bits per heavy atom. The van der Waals surface area contributed by atoms with Gasteiger partial charge in [-0.2, -0.15) is 0 Å². The van der Waals surface area contributed by atoms with Crippen molar-refractivity contribution in [2.24, 2.45) is 0 Å². The lowest BCUT2D eigenvalue weighted by molar-refractivity contribution is 0.0587. The Labute approximate surface area is 82.5 Å². The van der Waals surface area contributed by atoms with Gasteiger partial charge < -0.3 is 10.4 Å². The van der Waals surface area contributed by atoms with Gasteiger partial charge in [0.1, 0.15) is 5.60 Å². The standard InChI is InChI=1S/C10H12ClNO/c11-9-3-1-8(2-4-9)10(13)5-6-12-7-10/h1-4,12-13H,5-7H2. The average Bonchev–Trinajstić information content (AvgIpc) is 2.54. The molecule has 0 aromatic heterocycles. The largest absolute Gasteiger partial charge is 0.384 e. The molecule has 1 aromatic rings. The fourth-order valence-corrected chi connectivity index (χ4v) is 1.81. The second-order valence-electron chi connectivity index (χ2n) is 3.47. The smallest absolute Gasteiger partial charge is 0.103 e. The summed E-state index contributed by atoms with van der Waals surface area (Å²) >= 11 is 5.77. The molecule has 0 saturated carbocycles. The molecule has 1 atom stereocenters. The van der Waals surface area contributed by atoms with E-state index >= 15 is 0 Å². The third-order valence-electron chi connectivity index (χ3n) is 2.51. The number of halogens is 1. The average molecular weight is 198 g/mol. The molecule has 1 unspecified atom stereocenters. The molecular formula is C10H12ClNO. The monoisotopic (exact) mass is 197 g/mol. The van der Waals surface area contributed by atoms with Crippen LogP contribution in [0.2, 0.25) is 5.02 Å². The summed E-state index contributed by atoms with van der Waals surface area (Å²) in [5, 5.41) is 14.0. The van der Waals surface area contributed by atoms with Crippen molar-refractivity contribution in [3.63, 3.8) is 0 Å². The molecule has 2 nitrogen and oxygen atoms in total. The van der Waals surface area contributed by atoms with Gasteiger partial charge in [0.2, 0.25) is 0 Å². The minimum Gasteiger partial charge on any atom is -0.384 e. The second-order valence-corrected chi connectivity index (χ2v) is 3.90. The number of hydrogen-bond donors (Lipinski definition) is 2. The van der Waals surface area contributed by atoms with Gasteiger partial charge in [-0.25, -0.2) is 0 Å². The van der Waals surface area contributed by atoms with Gasteiger partial charge in [-0.3, -0.25) is 0 Å². The molecule has 70 valence electrons. The number of nitrogens with one attached hydrogen (secondary N) is 1. The Bertz CT molecular complexity index is 290. The van der Waals surface area contributed by atoms with Crippen molar-refractivity contribution in [2.45, 2.75) is 12.0 Å². The van der Waals surface area contributed by atoms with E-state index in [1.807, 2.05) is 24.3 Å². The van der Waals surface area contributed by atoms with Crippen LogP contribution in [0.15, 0.2) is 24.3 Å². The quantitative estimate of drug-likeness (QED) is 0.716. The molecule has 1 heterocycles.